The zero-order chi connectivity index (χ0) is 23.4. The summed E-state index contributed by atoms with van der Waals surface area (Å²) in [4.78, 5) is 24.1. The molecule has 0 unspecified atom stereocenters. The number of halogens is 1. The molecule has 0 atom stereocenters. The minimum atomic E-state index is -0.594. The molecule has 0 aliphatic rings. The Balaban J connectivity index is 1.74. The largest absolute Gasteiger partial charge is 0.497 e. The second-order valence-electron chi connectivity index (χ2n) is 7.38. The molecule has 0 saturated carbocycles. The zero-order valence-corrected chi connectivity index (χ0v) is 18.1. The van der Waals surface area contributed by atoms with Crippen molar-refractivity contribution in [3.05, 3.63) is 94.8 Å². The molecule has 0 aliphatic heterocycles. The highest BCUT2D eigenvalue weighted by Crippen LogP contribution is 2.33. The van der Waals surface area contributed by atoms with Crippen molar-refractivity contribution < 1.29 is 18.7 Å². The van der Waals surface area contributed by atoms with Gasteiger partial charge in [0.05, 0.1) is 19.7 Å². The first-order valence-electron chi connectivity index (χ1n) is 10.2. The van der Waals surface area contributed by atoms with Crippen LogP contribution >= 0.6 is 0 Å². The summed E-state index contributed by atoms with van der Waals surface area (Å²) in [5.74, 6) is -0.285. The van der Waals surface area contributed by atoms with E-state index in [4.69, 9.17) is 16.0 Å². The van der Waals surface area contributed by atoms with Gasteiger partial charge in [0.1, 0.15) is 23.5 Å². The highest BCUT2D eigenvalue weighted by Gasteiger charge is 2.17. The van der Waals surface area contributed by atoms with Crippen molar-refractivity contribution in [2.45, 2.75) is 12.8 Å². The van der Waals surface area contributed by atoms with Gasteiger partial charge in [0.2, 0.25) is 0 Å². The lowest BCUT2D eigenvalue weighted by Crippen LogP contribution is -2.05. The van der Waals surface area contributed by atoms with Crippen molar-refractivity contribution in [2.24, 2.45) is 0 Å². The highest BCUT2D eigenvalue weighted by molar-refractivity contribution is 6.00. The van der Waals surface area contributed by atoms with E-state index in [1.165, 1.54) is 20.3 Å². The first kappa shape index (κ1) is 21.9. The van der Waals surface area contributed by atoms with Crippen LogP contribution in [0.1, 0.15) is 21.6 Å². The summed E-state index contributed by atoms with van der Waals surface area (Å²) in [7, 11) is 2.76. The van der Waals surface area contributed by atoms with E-state index < -0.39 is 11.8 Å². The number of hydrogen-bond donors (Lipinski definition) is 0. The van der Waals surface area contributed by atoms with Gasteiger partial charge in [0, 0.05) is 17.0 Å². The van der Waals surface area contributed by atoms with Gasteiger partial charge < -0.3 is 14.3 Å². The Bertz CT molecular complexity index is 1380. The number of hydrogen-bond acceptors (Lipinski definition) is 5. The topological polar surface area (TPSA) is 65.7 Å². The summed E-state index contributed by atoms with van der Waals surface area (Å²) in [6, 6.07) is 15.5. The fourth-order valence-electron chi connectivity index (χ4n) is 3.62. The van der Waals surface area contributed by atoms with Gasteiger partial charge in [0.15, 0.2) is 0 Å². The molecule has 33 heavy (non-hydrogen) atoms. The second kappa shape index (κ2) is 9.45. The molecule has 6 nitrogen and oxygen atoms in total. The van der Waals surface area contributed by atoms with Crippen LogP contribution in [0.3, 0.4) is 0 Å². The summed E-state index contributed by atoms with van der Waals surface area (Å²) in [5.41, 5.74) is 3.58. The molecule has 0 radical (unpaired) electrons. The third-order valence-electron chi connectivity index (χ3n) is 5.36. The van der Waals surface area contributed by atoms with Gasteiger partial charge in [-0.1, -0.05) is 24.8 Å². The molecule has 164 valence electrons. The molecule has 0 aliphatic carbocycles. The molecule has 4 aromatic rings. The Morgan fingerprint density at radius 1 is 1.00 bits per heavy atom. The molecule has 0 N–H and O–H groups in total. The number of rotatable bonds is 6. The zero-order valence-electron chi connectivity index (χ0n) is 18.1. The molecule has 2 aromatic heterocycles. The molecular weight excluding hydrogens is 421 g/mol. The smallest absolute Gasteiger partial charge is 0.356 e. The molecule has 0 fully saturated rings. The van der Waals surface area contributed by atoms with Gasteiger partial charge in [0.25, 0.3) is 5.82 Å². The predicted octanol–water partition coefficient (Wildman–Crippen LogP) is 5.57. The Hall–Kier alpha value is -4.31. The van der Waals surface area contributed by atoms with Crippen molar-refractivity contribution in [3.63, 3.8) is 0 Å². The van der Waals surface area contributed by atoms with E-state index in [2.05, 4.69) is 14.8 Å². The standard InChI is InChI=1S/C26H20FN3O3/c1-28-25-11-7-17(15-29-25)5-4-16-6-9-20-21(19-10-8-18(32-2)13-22(19)27)14-24(26(31)33-3)30-23(20)12-16/h6-15H,4-5H2,2-3H3. The lowest BCUT2D eigenvalue weighted by atomic mass is 9.97. The lowest BCUT2D eigenvalue weighted by molar-refractivity contribution is 0.0594. The fraction of sp³-hybridized carbons (Fsp3) is 0.154. The van der Waals surface area contributed by atoms with E-state index >= 15 is 0 Å². The SMILES string of the molecule is [C-]#[N+]c1ccc(CCc2ccc3c(-c4ccc(OC)cc4F)cc(C(=O)OC)nc3c2)cn1. The van der Waals surface area contributed by atoms with Crippen molar-refractivity contribution >= 4 is 22.7 Å². The minimum absolute atomic E-state index is 0.103. The maximum atomic E-state index is 14.9. The predicted molar refractivity (Wildman–Crippen MR) is 123 cm³/mol. The van der Waals surface area contributed by atoms with Gasteiger partial charge in [-0.3, -0.25) is 0 Å². The maximum Gasteiger partial charge on any atom is 0.356 e. The maximum absolute atomic E-state index is 14.9. The number of aryl methyl sites for hydroxylation is 2. The summed E-state index contributed by atoms with van der Waals surface area (Å²) < 4.78 is 24.8. The first-order valence-corrected chi connectivity index (χ1v) is 10.2. The monoisotopic (exact) mass is 441 g/mol. The number of carbonyl (C=O) groups is 1. The van der Waals surface area contributed by atoms with E-state index in [-0.39, 0.29) is 5.69 Å². The summed E-state index contributed by atoms with van der Waals surface area (Å²) in [6.07, 6.45) is 3.14. The number of aromatic nitrogens is 2. The van der Waals surface area contributed by atoms with Gasteiger partial charge in [-0.15, -0.1) is 4.98 Å². The van der Waals surface area contributed by atoms with Crippen LogP contribution in [0.15, 0.2) is 60.8 Å². The van der Waals surface area contributed by atoms with Gasteiger partial charge in [-0.25, -0.2) is 14.2 Å². The third-order valence-corrected chi connectivity index (χ3v) is 5.36. The number of nitrogens with zero attached hydrogens (tertiary/aromatic N) is 3. The van der Waals surface area contributed by atoms with Crippen LogP contribution in [0.25, 0.3) is 26.9 Å². The van der Waals surface area contributed by atoms with Crippen molar-refractivity contribution in [2.75, 3.05) is 14.2 Å². The number of carbonyl (C=O) groups excluding carboxylic acids is 1. The van der Waals surface area contributed by atoms with Gasteiger partial charge in [-0.05, 0) is 59.9 Å². The van der Waals surface area contributed by atoms with Crippen LogP contribution in [0.2, 0.25) is 0 Å². The molecule has 7 heteroatoms. The van der Waals surface area contributed by atoms with Gasteiger partial charge >= 0.3 is 5.97 Å². The number of benzene rings is 2. The van der Waals surface area contributed by atoms with Crippen LogP contribution in [0.5, 0.6) is 5.75 Å². The molecule has 0 saturated heterocycles. The molecule has 2 aromatic carbocycles. The Morgan fingerprint density at radius 2 is 1.79 bits per heavy atom. The van der Waals surface area contributed by atoms with Gasteiger partial charge in [-0.2, -0.15) is 0 Å². The first-order chi connectivity index (χ1) is 16.0. The molecular formula is C26H20FN3O3. The summed E-state index contributed by atoms with van der Waals surface area (Å²) in [6.45, 7) is 6.99. The molecule has 0 spiro atoms. The normalized spacial score (nSPS) is 10.6. The van der Waals surface area contributed by atoms with Crippen molar-refractivity contribution in [1.82, 2.24) is 9.97 Å². The number of methoxy groups -OCH3 is 2. The Kier molecular flexibility index (Phi) is 6.27. The lowest BCUT2D eigenvalue weighted by Gasteiger charge is -2.12. The number of pyridine rings is 2. The Labute approximate surface area is 190 Å². The molecule has 0 bridgehead atoms. The molecule has 2 heterocycles. The number of esters is 1. The quantitative estimate of drug-likeness (QED) is 0.289. The van der Waals surface area contributed by atoms with E-state index in [1.807, 2.05) is 24.3 Å². The fourth-order valence-corrected chi connectivity index (χ4v) is 3.62. The minimum Gasteiger partial charge on any atom is -0.497 e. The molecule has 4 rings (SSSR count). The van der Waals surface area contributed by atoms with Crippen molar-refractivity contribution in [1.29, 1.82) is 0 Å². The van der Waals surface area contributed by atoms with E-state index in [1.54, 1.807) is 30.5 Å². The van der Waals surface area contributed by atoms with E-state index in [0.29, 0.717) is 34.6 Å². The third kappa shape index (κ3) is 4.65. The summed E-state index contributed by atoms with van der Waals surface area (Å²) in [5, 5.41) is 0.721. The van der Waals surface area contributed by atoms with E-state index in [0.717, 1.165) is 22.9 Å². The Morgan fingerprint density at radius 3 is 2.45 bits per heavy atom. The number of ether oxygens (including phenoxy) is 2. The second-order valence-corrected chi connectivity index (χ2v) is 7.38. The van der Waals surface area contributed by atoms with E-state index in [9.17, 15) is 9.18 Å². The van der Waals surface area contributed by atoms with Crippen LogP contribution in [-0.4, -0.2) is 30.2 Å². The number of fused-ring (bicyclic) bond motifs is 1. The van der Waals surface area contributed by atoms with Crippen LogP contribution in [-0.2, 0) is 17.6 Å². The van der Waals surface area contributed by atoms with Crippen LogP contribution < -0.4 is 4.74 Å². The van der Waals surface area contributed by atoms with Crippen molar-refractivity contribution in [3.8, 4) is 16.9 Å². The molecule has 0 amide bonds. The average Bonchev–Trinajstić information content (AvgIpc) is 2.86. The average molecular weight is 441 g/mol. The summed E-state index contributed by atoms with van der Waals surface area (Å²) >= 11 is 0. The highest BCUT2D eigenvalue weighted by atomic mass is 19.1. The van der Waals surface area contributed by atoms with Crippen LogP contribution in [0.4, 0.5) is 10.2 Å². The van der Waals surface area contributed by atoms with Crippen LogP contribution in [0, 0.1) is 12.4 Å².